The maximum atomic E-state index is 13.2. The van der Waals surface area contributed by atoms with Gasteiger partial charge in [-0.15, -0.1) is 0 Å². The molecule has 0 aliphatic heterocycles. The number of aromatic nitrogens is 2. The molecule has 0 saturated heterocycles. The van der Waals surface area contributed by atoms with Gasteiger partial charge in [0.15, 0.2) is 6.29 Å². The van der Waals surface area contributed by atoms with Crippen molar-refractivity contribution in [2.75, 3.05) is 0 Å². The topological polar surface area (TPSA) is 34.9 Å². The van der Waals surface area contributed by atoms with Gasteiger partial charge in [0.25, 0.3) is 0 Å². The van der Waals surface area contributed by atoms with Gasteiger partial charge in [0, 0.05) is 5.39 Å². The third kappa shape index (κ3) is 1.99. The van der Waals surface area contributed by atoms with Crippen molar-refractivity contribution in [3.8, 4) is 0 Å². The van der Waals surface area contributed by atoms with Crippen molar-refractivity contribution in [3.63, 3.8) is 0 Å². The molecule has 1 aromatic heterocycles. The number of carbonyl (C=O) groups is 1. The second kappa shape index (κ2) is 4.61. The minimum Gasteiger partial charge on any atom is -0.296 e. The van der Waals surface area contributed by atoms with Gasteiger partial charge in [-0.3, -0.25) is 9.48 Å². The quantitative estimate of drug-likeness (QED) is 0.781. The summed E-state index contributed by atoms with van der Waals surface area (Å²) in [4.78, 5) is 11.1. The smallest absolute Gasteiger partial charge is 0.296 e. The van der Waals surface area contributed by atoms with E-state index in [9.17, 15) is 18.0 Å². The van der Waals surface area contributed by atoms with Gasteiger partial charge >= 0.3 is 6.18 Å². The summed E-state index contributed by atoms with van der Waals surface area (Å²) in [5, 5.41) is 4.39. The Labute approximate surface area is 113 Å². The molecule has 20 heavy (non-hydrogen) atoms. The molecule has 1 saturated carbocycles. The Morgan fingerprint density at radius 2 is 1.95 bits per heavy atom. The van der Waals surface area contributed by atoms with Crippen LogP contribution in [0.5, 0.6) is 0 Å². The highest BCUT2D eigenvalue weighted by molar-refractivity contribution is 5.96. The molecule has 1 aliphatic carbocycles. The van der Waals surface area contributed by atoms with Crippen LogP contribution in [0.25, 0.3) is 10.9 Å². The summed E-state index contributed by atoms with van der Waals surface area (Å²) in [6.45, 7) is 0. The fraction of sp³-hybridized carbons (Fsp3) is 0.429. The van der Waals surface area contributed by atoms with E-state index in [0.29, 0.717) is 6.29 Å². The fourth-order valence-corrected chi connectivity index (χ4v) is 2.95. The first-order valence-electron chi connectivity index (χ1n) is 6.56. The number of fused-ring (bicyclic) bond motifs is 1. The van der Waals surface area contributed by atoms with Crippen LogP contribution < -0.4 is 0 Å². The van der Waals surface area contributed by atoms with Gasteiger partial charge in [-0.05, 0) is 18.9 Å². The fourth-order valence-electron chi connectivity index (χ4n) is 2.95. The summed E-state index contributed by atoms with van der Waals surface area (Å²) in [6.07, 6.45) is -0.347. The maximum absolute atomic E-state index is 13.2. The van der Waals surface area contributed by atoms with E-state index in [1.807, 2.05) is 0 Å². The minimum absolute atomic E-state index is 0.0361. The molecule has 0 radical (unpaired) electrons. The zero-order chi connectivity index (χ0) is 14.3. The Morgan fingerprint density at radius 1 is 1.25 bits per heavy atom. The summed E-state index contributed by atoms with van der Waals surface area (Å²) in [5.74, 6) is 0. The van der Waals surface area contributed by atoms with Crippen molar-refractivity contribution < 1.29 is 18.0 Å². The first kappa shape index (κ1) is 13.1. The number of carbonyl (C=O) groups excluding carboxylic acids is 1. The van der Waals surface area contributed by atoms with Crippen molar-refractivity contribution >= 4 is 17.2 Å². The maximum Gasteiger partial charge on any atom is 0.418 e. The van der Waals surface area contributed by atoms with Gasteiger partial charge < -0.3 is 0 Å². The van der Waals surface area contributed by atoms with E-state index in [0.717, 1.165) is 31.7 Å². The molecule has 1 aromatic carbocycles. The SMILES string of the molecule is O=Cc1nn(C2CCCC2)c2c(C(F)(F)F)cccc12. The molecule has 0 atom stereocenters. The van der Waals surface area contributed by atoms with E-state index in [4.69, 9.17) is 0 Å². The summed E-state index contributed by atoms with van der Waals surface area (Å²) in [7, 11) is 0. The predicted molar refractivity (Wildman–Crippen MR) is 67.6 cm³/mol. The van der Waals surface area contributed by atoms with Crippen LogP contribution in [0.4, 0.5) is 13.2 Å². The zero-order valence-electron chi connectivity index (χ0n) is 10.7. The second-order valence-corrected chi connectivity index (χ2v) is 5.09. The van der Waals surface area contributed by atoms with E-state index in [-0.39, 0.29) is 22.6 Å². The van der Waals surface area contributed by atoms with Gasteiger partial charge in [0.1, 0.15) is 5.69 Å². The van der Waals surface area contributed by atoms with Crippen molar-refractivity contribution in [2.24, 2.45) is 0 Å². The van der Waals surface area contributed by atoms with E-state index in [2.05, 4.69) is 5.10 Å². The molecular formula is C14H13F3N2O. The van der Waals surface area contributed by atoms with Crippen molar-refractivity contribution in [1.82, 2.24) is 9.78 Å². The number of rotatable bonds is 2. The number of halogens is 3. The summed E-state index contributed by atoms with van der Waals surface area (Å²) < 4.78 is 40.9. The Morgan fingerprint density at radius 3 is 2.55 bits per heavy atom. The molecule has 2 aromatic rings. The highest BCUT2D eigenvalue weighted by Crippen LogP contribution is 2.39. The van der Waals surface area contributed by atoms with E-state index in [1.54, 1.807) is 0 Å². The van der Waals surface area contributed by atoms with Crippen molar-refractivity contribution in [2.45, 2.75) is 37.9 Å². The lowest BCUT2D eigenvalue weighted by Gasteiger charge is -2.15. The van der Waals surface area contributed by atoms with Crippen LogP contribution in [0.15, 0.2) is 18.2 Å². The summed E-state index contributed by atoms with van der Waals surface area (Å²) in [5.41, 5.74) is -0.602. The average molecular weight is 282 g/mol. The van der Waals surface area contributed by atoms with E-state index < -0.39 is 11.7 Å². The average Bonchev–Trinajstić information content (AvgIpc) is 3.03. The molecule has 0 unspecified atom stereocenters. The Kier molecular flexibility index (Phi) is 3.03. The van der Waals surface area contributed by atoms with Gasteiger partial charge in [0.2, 0.25) is 0 Å². The number of benzene rings is 1. The van der Waals surface area contributed by atoms with Crippen LogP contribution in [0.2, 0.25) is 0 Å². The molecule has 0 N–H and O–H groups in total. The Balaban J connectivity index is 2.30. The lowest BCUT2D eigenvalue weighted by atomic mass is 10.1. The Bertz CT molecular complexity index is 654. The van der Waals surface area contributed by atoms with Crippen molar-refractivity contribution in [1.29, 1.82) is 0 Å². The summed E-state index contributed by atoms with van der Waals surface area (Å²) in [6, 6.07) is 3.84. The van der Waals surface area contributed by atoms with Crippen LogP contribution >= 0.6 is 0 Å². The number of nitrogens with zero attached hydrogens (tertiary/aromatic N) is 2. The third-order valence-electron chi connectivity index (χ3n) is 3.84. The van der Waals surface area contributed by atoms with E-state index >= 15 is 0 Å². The van der Waals surface area contributed by atoms with Crippen LogP contribution in [0, 0.1) is 0 Å². The lowest BCUT2D eigenvalue weighted by molar-refractivity contribution is -0.136. The monoisotopic (exact) mass is 282 g/mol. The number of hydrogen-bond donors (Lipinski definition) is 0. The Hall–Kier alpha value is -1.85. The van der Waals surface area contributed by atoms with E-state index in [1.165, 1.54) is 16.8 Å². The molecule has 3 rings (SSSR count). The van der Waals surface area contributed by atoms with Crippen LogP contribution in [-0.2, 0) is 6.18 Å². The summed E-state index contributed by atoms with van der Waals surface area (Å²) >= 11 is 0. The molecule has 0 amide bonds. The number of hydrogen-bond acceptors (Lipinski definition) is 2. The minimum atomic E-state index is -4.45. The van der Waals surface area contributed by atoms with Crippen LogP contribution in [0.3, 0.4) is 0 Å². The standard InChI is InChI=1S/C14H13F3N2O/c15-14(16,17)11-7-3-6-10-12(8-20)18-19(13(10)11)9-4-1-2-5-9/h3,6-9H,1-2,4-5H2. The highest BCUT2D eigenvalue weighted by Gasteiger charge is 2.35. The lowest BCUT2D eigenvalue weighted by Crippen LogP contribution is -2.12. The zero-order valence-corrected chi connectivity index (χ0v) is 10.7. The van der Waals surface area contributed by atoms with Gasteiger partial charge in [-0.1, -0.05) is 25.0 Å². The molecule has 3 nitrogen and oxygen atoms in total. The van der Waals surface area contributed by atoms with Gasteiger partial charge in [-0.25, -0.2) is 0 Å². The highest BCUT2D eigenvalue weighted by atomic mass is 19.4. The third-order valence-corrected chi connectivity index (χ3v) is 3.84. The number of para-hydroxylation sites is 1. The molecule has 1 fully saturated rings. The molecule has 6 heteroatoms. The van der Waals surface area contributed by atoms with Gasteiger partial charge in [-0.2, -0.15) is 18.3 Å². The molecule has 106 valence electrons. The molecular weight excluding hydrogens is 269 g/mol. The molecule has 0 spiro atoms. The normalized spacial score (nSPS) is 16.9. The number of aldehydes is 1. The molecule has 0 bridgehead atoms. The molecule has 1 aliphatic rings. The number of alkyl halides is 3. The second-order valence-electron chi connectivity index (χ2n) is 5.09. The predicted octanol–water partition coefficient (Wildman–Crippen LogP) is 3.98. The largest absolute Gasteiger partial charge is 0.418 e. The first-order valence-corrected chi connectivity index (χ1v) is 6.56. The van der Waals surface area contributed by atoms with Crippen LogP contribution in [0.1, 0.15) is 47.8 Å². The first-order chi connectivity index (χ1) is 9.52. The van der Waals surface area contributed by atoms with Crippen LogP contribution in [-0.4, -0.2) is 16.1 Å². The van der Waals surface area contributed by atoms with Crippen molar-refractivity contribution in [3.05, 3.63) is 29.5 Å². The van der Waals surface area contributed by atoms with Gasteiger partial charge in [0.05, 0.1) is 17.1 Å². The molecule has 1 heterocycles.